The Morgan fingerprint density at radius 1 is 0.478 bits per heavy atom. The minimum atomic E-state index is 0.647. The molecule has 0 fully saturated rings. The molecular formula is C15H36N4S4. The highest BCUT2D eigenvalue weighted by Gasteiger charge is 2.18. The predicted octanol–water partition coefficient (Wildman–Crippen LogP) is 2.36. The van der Waals surface area contributed by atoms with Gasteiger partial charge in [0.05, 0.1) is 9.16 Å². The fourth-order valence-electron chi connectivity index (χ4n) is 1.72. The van der Waals surface area contributed by atoms with Crippen molar-refractivity contribution >= 4 is 47.0 Å². The van der Waals surface area contributed by atoms with Crippen LogP contribution in [0.4, 0.5) is 0 Å². The van der Waals surface area contributed by atoms with Gasteiger partial charge >= 0.3 is 0 Å². The third-order valence-electron chi connectivity index (χ3n) is 2.99. The van der Waals surface area contributed by atoms with E-state index < -0.39 is 0 Å². The first-order chi connectivity index (χ1) is 11.3. The summed E-state index contributed by atoms with van der Waals surface area (Å²) in [5.41, 5.74) is 22.5. The Kier molecular flexibility index (Phi) is 20.6. The van der Waals surface area contributed by atoms with Crippen LogP contribution in [0.25, 0.3) is 0 Å². The van der Waals surface area contributed by atoms with E-state index in [2.05, 4.69) is 47.0 Å². The zero-order chi connectivity index (χ0) is 17.2. The molecule has 4 nitrogen and oxygen atoms in total. The Hall–Kier alpha value is 1.24. The van der Waals surface area contributed by atoms with Crippen LogP contribution in [-0.2, 0) is 0 Å². The number of hydrogen-bond acceptors (Lipinski definition) is 8. The van der Waals surface area contributed by atoms with Gasteiger partial charge in [0.2, 0.25) is 0 Å². The SMILES string of the molecule is NCCCSC(CC(SCCCN)SCCCN)SCCCN. The van der Waals surface area contributed by atoms with E-state index in [1.165, 1.54) is 6.42 Å². The van der Waals surface area contributed by atoms with Crippen molar-refractivity contribution in [1.82, 2.24) is 0 Å². The summed E-state index contributed by atoms with van der Waals surface area (Å²) < 4.78 is 1.29. The summed E-state index contributed by atoms with van der Waals surface area (Å²) in [6.07, 6.45) is 5.64. The molecule has 140 valence electrons. The highest BCUT2D eigenvalue weighted by molar-refractivity contribution is 8.18. The fourth-order valence-corrected chi connectivity index (χ4v) is 7.83. The van der Waals surface area contributed by atoms with Crippen molar-refractivity contribution in [1.29, 1.82) is 0 Å². The smallest absolute Gasteiger partial charge is 0.0521 e. The standard InChI is InChI=1S/C15H36N4S4/c16-5-1-9-20-14(21-10-2-6-17)13-15(22-11-3-7-18)23-12-4-8-19/h14-15H,1-13,16-19H2. The first kappa shape index (κ1) is 24.2. The van der Waals surface area contributed by atoms with Crippen molar-refractivity contribution in [2.45, 2.75) is 41.3 Å². The molecule has 0 unspecified atom stereocenters. The molecule has 0 heterocycles. The lowest BCUT2D eigenvalue weighted by Crippen LogP contribution is -2.13. The van der Waals surface area contributed by atoms with Crippen LogP contribution in [0.1, 0.15) is 32.1 Å². The van der Waals surface area contributed by atoms with Gasteiger partial charge in [0.15, 0.2) is 0 Å². The molecule has 0 aliphatic rings. The monoisotopic (exact) mass is 400 g/mol. The second kappa shape index (κ2) is 19.6. The summed E-state index contributed by atoms with van der Waals surface area (Å²) in [5, 5.41) is 0. The molecule has 0 aliphatic heterocycles. The number of rotatable bonds is 18. The summed E-state index contributed by atoms with van der Waals surface area (Å²) in [4.78, 5) is 0. The van der Waals surface area contributed by atoms with Crippen LogP contribution in [0.15, 0.2) is 0 Å². The Morgan fingerprint density at radius 3 is 0.957 bits per heavy atom. The largest absolute Gasteiger partial charge is 0.330 e. The molecule has 0 aromatic heterocycles. The van der Waals surface area contributed by atoms with E-state index in [0.717, 1.165) is 74.9 Å². The molecule has 0 aliphatic carbocycles. The molecule has 8 N–H and O–H groups in total. The minimum Gasteiger partial charge on any atom is -0.330 e. The maximum atomic E-state index is 5.63. The maximum Gasteiger partial charge on any atom is 0.0521 e. The van der Waals surface area contributed by atoms with Gasteiger partial charge in [-0.15, -0.1) is 47.0 Å². The Morgan fingerprint density at radius 2 is 0.739 bits per heavy atom. The van der Waals surface area contributed by atoms with Crippen molar-refractivity contribution in [3.63, 3.8) is 0 Å². The topological polar surface area (TPSA) is 104 Å². The fraction of sp³-hybridized carbons (Fsp3) is 1.00. The van der Waals surface area contributed by atoms with Crippen molar-refractivity contribution in [3.05, 3.63) is 0 Å². The Labute approximate surface area is 160 Å². The summed E-state index contributed by atoms with van der Waals surface area (Å²) in [6.45, 7) is 3.14. The minimum absolute atomic E-state index is 0.647. The van der Waals surface area contributed by atoms with Crippen molar-refractivity contribution in [2.24, 2.45) is 22.9 Å². The van der Waals surface area contributed by atoms with Gasteiger partial charge in [0, 0.05) is 0 Å². The summed E-state index contributed by atoms with van der Waals surface area (Å²) in [5.74, 6) is 4.63. The van der Waals surface area contributed by atoms with Crippen LogP contribution in [-0.4, -0.2) is 58.4 Å². The van der Waals surface area contributed by atoms with Gasteiger partial charge in [0.1, 0.15) is 0 Å². The van der Waals surface area contributed by atoms with Crippen LogP contribution >= 0.6 is 47.0 Å². The van der Waals surface area contributed by atoms with Crippen LogP contribution < -0.4 is 22.9 Å². The van der Waals surface area contributed by atoms with Gasteiger partial charge < -0.3 is 22.9 Å². The highest BCUT2D eigenvalue weighted by atomic mass is 32.2. The molecule has 8 heteroatoms. The summed E-state index contributed by atoms with van der Waals surface area (Å²) in [7, 11) is 0. The number of hydrogen-bond donors (Lipinski definition) is 4. The van der Waals surface area contributed by atoms with Gasteiger partial charge in [-0.05, 0) is 81.3 Å². The van der Waals surface area contributed by atoms with Crippen molar-refractivity contribution in [3.8, 4) is 0 Å². The second-order valence-electron chi connectivity index (χ2n) is 5.15. The maximum absolute atomic E-state index is 5.63. The van der Waals surface area contributed by atoms with Gasteiger partial charge in [0.25, 0.3) is 0 Å². The van der Waals surface area contributed by atoms with Gasteiger partial charge in [-0.1, -0.05) is 0 Å². The van der Waals surface area contributed by atoms with E-state index in [1.54, 1.807) is 0 Å². The van der Waals surface area contributed by atoms with E-state index in [0.29, 0.717) is 9.16 Å². The molecule has 0 atom stereocenters. The van der Waals surface area contributed by atoms with Crippen LogP contribution in [0.5, 0.6) is 0 Å². The molecular weight excluding hydrogens is 364 g/mol. The van der Waals surface area contributed by atoms with Gasteiger partial charge in [-0.2, -0.15) is 0 Å². The molecule has 0 saturated heterocycles. The highest BCUT2D eigenvalue weighted by Crippen LogP contribution is 2.37. The molecule has 0 saturated carbocycles. The Bertz CT molecular complexity index is 196. The van der Waals surface area contributed by atoms with E-state index in [9.17, 15) is 0 Å². The normalized spacial score (nSPS) is 11.7. The van der Waals surface area contributed by atoms with Gasteiger partial charge in [-0.25, -0.2) is 0 Å². The molecule has 0 spiro atoms. The first-order valence-electron chi connectivity index (χ1n) is 8.55. The molecule has 0 amide bonds. The van der Waals surface area contributed by atoms with Gasteiger partial charge in [-0.3, -0.25) is 0 Å². The second-order valence-corrected chi connectivity index (χ2v) is 11.0. The zero-order valence-electron chi connectivity index (χ0n) is 14.3. The molecule has 0 aromatic carbocycles. The molecule has 0 bridgehead atoms. The average Bonchev–Trinajstić information content (AvgIpc) is 2.55. The molecule has 0 aromatic rings. The average molecular weight is 401 g/mol. The third kappa shape index (κ3) is 16.5. The lowest BCUT2D eigenvalue weighted by molar-refractivity contribution is 0.920. The third-order valence-corrected chi connectivity index (χ3v) is 8.98. The molecule has 0 rings (SSSR count). The molecule has 0 radical (unpaired) electrons. The van der Waals surface area contributed by atoms with E-state index in [1.807, 2.05) is 0 Å². The molecule has 23 heavy (non-hydrogen) atoms. The number of nitrogens with two attached hydrogens (primary N) is 4. The lowest BCUT2D eigenvalue weighted by atomic mass is 10.5. The van der Waals surface area contributed by atoms with Crippen LogP contribution in [0.2, 0.25) is 0 Å². The van der Waals surface area contributed by atoms with Crippen LogP contribution in [0, 0.1) is 0 Å². The zero-order valence-corrected chi connectivity index (χ0v) is 17.6. The summed E-state index contributed by atoms with van der Waals surface area (Å²) >= 11 is 8.28. The summed E-state index contributed by atoms with van der Waals surface area (Å²) in [6, 6.07) is 0. The Balaban J connectivity index is 4.31. The lowest BCUT2D eigenvalue weighted by Gasteiger charge is -2.23. The quantitative estimate of drug-likeness (QED) is 0.205. The van der Waals surface area contributed by atoms with Crippen molar-refractivity contribution < 1.29 is 0 Å². The van der Waals surface area contributed by atoms with Crippen molar-refractivity contribution in [2.75, 3.05) is 49.2 Å². The number of thioether (sulfide) groups is 4. The van der Waals surface area contributed by atoms with Crippen LogP contribution in [0.3, 0.4) is 0 Å². The van der Waals surface area contributed by atoms with E-state index >= 15 is 0 Å². The van der Waals surface area contributed by atoms with E-state index in [4.69, 9.17) is 22.9 Å². The predicted molar refractivity (Wildman–Crippen MR) is 117 cm³/mol. The first-order valence-corrected chi connectivity index (χ1v) is 12.7. The van der Waals surface area contributed by atoms with E-state index in [-0.39, 0.29) is 0 Å².